The van der Waals surface area contributed by atoms with Crippen LogP contribution in [0, 0.1) is 0 Å². The van der Waals surface area contributed by atoms with Gasteiger partial charge < -0.3 is 14.6 Å². The number of benzene rings is 1. The summed E-state index contributed by atoms with van der Waals surface area (Å²) in [6, 6.07) is 7.33. The van der Waals surface area contributed by atoms with E-state index in [9.17, 15) is 9.59 Å². The van der Waals surface area contributed by atoms with Crippen molar-refractivity contribution in [2.45, 2.75) is 18.4 Å². The molecule has 0 saturated carbocycles. The first-order valence-electron chi connectivity index (χ1n) is 7.15. The van der Waals surface area contributed by atoms with Gasteiger partial charge >= 0.3 is 11.9 Å². The zero-order chi connectivity index (χ0) is 16.4. The van der Waals surface area contributed by atoms with Gasteiger partial charge in [0.05, 0.1) is 6.61 Å². The van der Waals surface area contributed by atoms with E-state index in [1.165, 1.54) is 0 Å². The molecular weight excluding hydrogens is 336 g/mol. The van der Waals surface area contributed by atoms with E-state index in [0.717, 1.165) is 28.3 Å². The fourth-order valence-electron chi connectivity index (χ4n) is 2.46. The molecule has 1 N–H and O–H groups in total. The molecule has 2 aromatic rings. The van der Waals surface area contributed by atoms with Crippen LogP contribution in [0.1, 0.15) is 18.1 Å². The predicted molar refractivity (Wildman–Crippen MR) is 91.0 cm³/mol. The van der Waals surface area contributed by atoms with Crippen molar-refractivity contribution in [3.05, 3.63) is 46.6 Å². The highest BCUT2D eigenvalue weighted by atomic mass is 35.5. The van der Waals surface area contributed by atoms with E-state index in [0.29, 0.717) is 10.8 Å². The maximum Gasteiger partial charge on any atom is 0.397 e. The SMILES string of the molecule is CCOC(=O)C(=O)Nc1c2c(cn1-c1cccc(Cl)c1)CSC2. The third kappa shape index (κ3) is 3.23. The molecule has 0 saturated heterocycles. The minimum absolute atomic E-state index is 0.162. The van der Waals surface area contributed by atoms with Crippen LogP contribution in [0.15, 0.2) is 30.5 Å². The Hall–Kier alpha value is -1.92. The number of ether oxygens (including phenoxy) is 1. The third-order valence-electron chi connectivity index (χ3n) is 3.48. The zero-order valence-electron chi connectivity index (χ0n) is 12.5. The summed E-state index contributed by atoms with van der Waals surface area (Å²) in [4.78, 5) is 23.6. The molecule has 7 heteroatoms. The van der Waals surface area contributed by atoms with Crippen LogP contribution in [0.4, 0.5) is 5.82 Å². The van der Waals surface area contributed by atoms with E-state index in [2.05, 4.69) is 5.32 Å². The fraction of sp³-hybridized carbons (Fsp3) is 0.250. The number of halogens is 1. The van der Waals surface area contributed by atoms with Crippen LogP contribution in [0.5, 0.6) is 0 Å². The Labute approximate surface area is 143 Å². The van der Waals surface area contributed by atoms with E-state index in [4.69, 9.17) is 16.3 Å². The van der Waals surface area contributed by atoms with Crippen LogP contribution < -0.4 is 5.32 Å². The van der Waals surface area contributed by atoms with Gasteiger partial charge in [-0.3, -0.25) is 4.79 Å². The second-order valence-electron chi connectivity index (χ2n) is 5.00. The van der Waals surface area contributed by atoms with E-state index in [1.54, 1.807) is 24.8 Å². The van der Waals surface area contributed by atoms with Crippen molar-refractivity contribution in [3.63, 3.8) is 0 Å². The second-order valence-corrected chi connectivity index (χ2v) is 6.42. The molecule has 23 heavy (non-hydrogen) atoms. The quantitative estimate of drug-likeness (QED) is 0.681. The van der Waals surface area contributed by atoms with Gasteiger partial charge in [-0.05, 0) is 30.7 Å². The molecule has 0 radical (unpaired) electrons. The van der Waals surface area contributed by atoms with Crippen molar-refractivity contribution >= 4 is 41.1 Å². The first kappa shape index (κ1) is 16.0. The van der Waals surface area contributed by atoms with Crippen LogP contribution in [0.3, 0.4) is 0 Å². The number of rotatable bonds is 3. The van der Waals surface area contributed by atoms with Crippen molar-refractivity contribution in [2.75, 3.05) is 11.9 Å². The number of carbonyl (C=O) groups is 2. The molecule has 1 aliphatic rings. The van der Waals surface area contributed by atoms with E-state index in [-0.39, 0.29) is 6.61 Å². The van der Waals surface area contributed by atoms with Crippen LogP contribution in [0.2, 0.25) is 5.02 Å². The topological polar surface area (TPSA) is 60.3 Å². The minimum atomic E-state index is -0.884. The van der Waals surface area contributed by atoms with Crippen LogP contribution in [-0.4, -0.2) is 23.1 Å². The van der Waals surface area contributed by atoms with Crippen molar-refractivity contribution in [3.8, 4) is 5.69 Å². The maximum atomic E-state index is 12.0. The Kier molecular flexibility index (Phi) is 4.63. The summed E-state index contributed by atoms with van der Waals surface area (Å²) in [5, 5.41) is 3.29. The Balaban J connectivity index is 1.98. The summed E-state index contributed by atoms with van der Waals surface area (Å²) in [6.45, 7) is 1.82. The molecule has 120 valence electrons. The van der Waals surface area contributed by atoms with Gasteiger partial charge in [0.2, 0.25) is 0 Å². The predicted octanol–water partition coefficient (Wildman–Crippen LogP) is 3.38. The summed E-state index contributed by atoms with van der Waals surface area (Å²) < 4.78 is 6.60. The van der Waals surface area contributed by atoms with E-state index >= 15 is 0 Å². The highest BCUT2D eigenvalue weighted by Crippen LogP contribution is 2.38. The highest BCUT2D eigenvalue weighted by Gasteiger charge is 2.25. The average molecular weight is 351 g/mol. The molecule has 1 amide bonds. The Morgan fingerprint density at radius 3 is 2.96 bits per heavy atom. The van der Waals surface area contributed by atoms with E-state index in [1.807, 2.05) is 29.0 Å². The molecule has 1 aliphatic heterocycles. The molecular formula is C16H15ClN2O3S. The first-order chi connectivity index (χ1) is 11.1. The lowest BCUT2D eigenvalue weighted by molar-refractivity contribution is -0.152. The van der Waals surface area contributed by atoms with Crippen LogP contribution in [-0.2, 0) is 25.8 Å². The van der Waals surface area contributed by atoms with Gasteiger partial charge in [-0.15, -0.1) is 0 Å². The Morgan fingerprint density at radius 2 is 2.22 bits per heavy atom. The van der Waals surface area contributed by atoms with Gasteiger partial charge in [0.25, 0.3) is 0 Å². The van der Waals surface area contributed by atoms with E-state index < -0.39 is 11.9 Å². The lowest BCUT2D eigenvalue weighted by Gasteiger charge is -2.12. The molecule has 1 aromatic heterocycles. The number of anilines is 1. The van der Waals surface area contributed by atoms with Crippen LogP contribution >= 0.6 is 23.4 Å². The number of amides is 1. The fourth-order valence-corrected chi connectivity index (χ4v) is 3.75. The number of hydrogen-bond acceptors (Lipinski definition) is 4. The van der Waals surface area contributed by atoms with Crippen LogP contribution in [0.25, 0.3) is 5.69 Å². The number of nitrogens with one attached hydrogen (secondary N) is 1. The third-order valence-corrected chi connectivity index (χ3v) is 4.73. The summed E-state index contributed by atoms with van der Waals surface area (Å²) in [7, 11) is 0. The summed E-state index contributed by atoms with van der Waals surface area (Å²) >= 11 is 7.83. The molecule has 3 rings (SSSR count). The molecule has 0 fully saturated rings. The summed E-state index contributed by atoms with van der Waals surface area (Å²) in [5.41, 5.74) is 3.01. The number of hydrogen-bond donors (Lipinski definition) is 1. The van der Waals surface area contributed by atoms with Crippen molar-refractivity contribution < 1.29 is 14.3 Å². The highest BCUT2D eigenvalue weighted by molar-refractivity contribution is 7.98. The number of nitrogens with zero attached hydrogens (tertiary/aromatic N) is 1. The first-order valence-corrected chi connectivity index (χ1v) is 8.68. The lowest BCUT2D eigenvalue weighted by Crippen LogP contribution is -2.26. The molecule has 0 unspecified atom stereocenters. The van der Waals surface area contributed by atoms with Gasteiger partial charge in [0.1, 0.15) is 5.82 Å². The van der Waals surface area contributed by atoms with Gasteiger partial charge in [-0.2, -0.15) is 11.8 Å². The molecule has 0 bridgehead atoms. The Morgan fingerprint density at radius 1 is 1.39 bits per heavy atom. The van der Waals surface area contributed by atoms with Gasteiger partial charge in [0, 0.05) is 34.0 Å². The number of aromatic nitrogens is 1. The number of thioether (sulfide) groups is 1. The van der Waals surface area contributed by atoms with Gasteiger partial charge in [-0.1, -0.05) is 17.7 Å². The minimum Gasteiger partial charge on any atom is -0.459 e. The number of carbonyl (C=O) groups excluding carboxylic acids is 2. The van der Waals surface area contributed by atoms with Gasteiger partial charge in [-0.25, -0.2) is 4.79 Å². The molecule has 1 aromatic carbocycles. The molecule has 0 spiro atoms. The molecule has 0 atom stereocenters. The van der Waals surface area contributed by atoms with Crippen molar-refractivity contribution in [1.82, 2.24) is 4.57 Å². The molecule has 0 aliphatic carbocycles. The second kappa shape index (κ2) is 6.68. The standard InChI is InChI=1S/C16H15ClN2O3S/c1-2-22-16(21)15(20)18-14-13-9-23-8-10(13)7-19(14)12-5-3-4-11(17)6-12/h3-7H,2,8-9H2,1H3,(H,18,20). The molecule has 5 nitrogen and oxygen atoms in total. The Bertz CT molecular complexity index is 773. The summed E-state index contributed by atoms with van der Waals surface area (Å²) in [6.07, 6.45) is 1.97. The largest absolute Gasteiger partial charge is 0.459 e. The molecule has 2 heterocycles. The zero-order valence-corrected chi connectivity index (χ0v) is 14.0. The van der Waals surface area contributed by atoms with Crippen molar-refractivity contribution in [1.29, 1.82) is 0 Å². The smallest absolute Gasteiger partial charge is 0.397 e. The lowest BCUT2D eigenvalue weighted by atomic mass is 10.2. The monoisotopic (exact) mass is 350 g/mol. The van der Waals surface area contributed by atoms with Gasteiger partial charge in [0.15, 0.2) is 0 Å². The average Bonchev–Trinajstić information content (AvgIpc) is 3.10. The maximum absolute atomic E-state index is 12.0. The normalized spacial score (nSPS) is 12.8. The number of esters is 1. The summed E-state index contributed by atoms with van der Waals surface area (Å²) in [5.74, 6) is 0.621. The van der Waals surface area contributed by atoms with Crippen molar-refractivity contribution in [2.24, 2.45) is 0 Å². The number of fused-ring (bicyclic) bond motifs is 1.